The summed E-state index contributed by atoms with van der Waals surface area (Å²) in [6.07, 6.45) is 1.40. The third-order valence-electron chi connectivity index (χ3n) is 2.31. The molecule has 0 spiro atoms. The fourth-order valence-corrected chi connectivity index (χ4v) is 1.50. The number of pyridine rings is 1. The zero-order valence-corrected chi connectivity index (χ0v) is 9.07. The number of aromatic nitrogens is 1. The Bertz CT molecular complexity index is 552. The smallest absolute Gasteiger partial charge is 0.254 e. The standard InChI is InChI=1S/C12H11FN2O/c1-15(2)12(16)9-6-8-4-3-5-10(13)11(8)14-7-9/h3-7H,1-2H3. The van der Waals surface area contributed by atoms with Crippen molar-refractivity contribution in [1.82, 2.24) is 9.88 Å². The summed E-state index contributed by atoms with van der Waals surface area (Å²) in [7, 11) is 3.33. The van der Waals surface area contributed by atoms with Gasteiger partial charge >= 0.3 is 0 Å². The van der Waals surface area contributed by atoms with Gasteiger partial charge in [-0.05, 0) is 12.1 Å². The van der Waals surface area contributed by atoms with E-state index in [4.69, 9.17) is 0 Å². The molecule has 0 radical (unpaired) electrons. The first-order chi connectivity index (χ1) is 7.59. The van der Waals surface area contributed by atoms with E-state index >= 15 is 0 Å². The molecule has 0 atom stereocenters. The molecule has 2 aromatic rings. The summed E-state index contributed by atoms with van der Waals surface area (Å²) in [5.74, 6) is -0.514. The van der Waals surface area contributed by atoms with E-state index in [1.165, 1.54) is 17.2 Å². The van der Waals surface area contributed by atoms with E-state index in [0.717, 1.165) is 0 Å². The van der Waals surface area contributed by atoms with E-state index in [9.17, 15) is 9.18 Å². The van der Waals surface area contributed by atoms with E-state index < -0.39 is 0 Å². The third kappa shape index (κ3) is 1.74. The zero-order valence-electron chi connectivity index (χ0n) is 9.07. The van der Waals surface area contributed by atoms with Gasteiger partial charge in [-0.1, -0.05) is 12.1 Å². The second-order valence-corrected chi connectivity index (χ2v) is 3.74. The fourth-order valence-electron chi connectivity index (χ4n) is 1.50. The number of benzene rings is 1. The highest BCUT2D eigenvalue weighted by Crippen LogP contribution is 2.16. The van der Waals surface area contributed by atoms with Gasteiger partial charge in [0, 0.05) is 25.7 Å². The molecule has 0 aliphatic heterocycles. The minimum absolute atomic E-state index is 0.140. The normalized spacial score (nSPS) is 10.4. The third-order valence-corrected chi connectivity index (χ3v) is 2.31. The predicted molar refractivity (Wildman–Crippen MR) is 59.7 cm³/mol. The number of hydrogen-bond donors (Lipinski definition) is 0. The lowest BCUT2D eigenvalue weighted by atomic mass is 10.1. The Balaban J connectivity index is 2.57. The summed E-state index contributed by atoms with van der Waals surface area (Å²) in [4.78, 5) is 17.1. The Kier molecular flexibility index (Phi) is 2.56. The number of nitrogens with zero attached hydrogens (tertiary/aromatic N) is 2. The Morgan fingerprint density at radius 3 is 2.81 bits per heavy atom. The van der Waals surface area contributed by atoms with Crippen LogP contribution in [0.15, 0.2) is 30.5 Å². The first-order valence-corrected chi connectivity index (χ1v) is 4.85. The maximum absolute atomic E-state index is 13.3. The molecule has 0 unspecified atom stereocenters. The van der Waals surface area contributed by atoms with E-state index in [2.05, 4.69) is 4.98 Å². The Hall–Kier alpha value is -1.97. The van der Waals surface area contributed by atoms with Crippen molar-refractivity contribution in [3.8, 4) is 0 Å². The van der Waals surface area contributed by atoms with Crippen molar-refractivity contribution in [3.05, 3.63) is 41.8 Å². The molecule has 0 fully saturated rings. The van der Waals surface area contributed by atoms with Crippen LogP contribution in [-0.2, 0) is 0 Å². The number of amides is 1. The molecule has 0 aliphatic carbocycles. The van der Waals surface area contributed by atoms with Crippen molar-refractivity contribution in [3.63, 3.8) is 0 Å². The number of fused-ring (bicyclic) bond motifs is 1. The van der Waals surface area contributed by atoms with Gasteiger partial charge in [0.25, 0.3) is 5.91 Å². The lowest BCUT2D eigenvalue weighted by Crippen LogP contribution is -2.21. The summed E-state index contributed by atoms with van der Waals surface area (Å²) in [6.45, 7) is 0. The van der Waals surface area contributed by atoms with Crippen molar-refractivity contribution >= 4 is 16.8 Å². The maximum Gasteiger partial charge on any atom is 0.254 e. The monoisotopic (exact) mass is 218 g/mol. The highest BCUT2D eigenvalue weighted by atomic mass is 19.1. The minimum atomic E-state index is -0.374. The van der Waals surface area contributed by atoms with Crippen LogP contribution >= 0.6 is 0 Å². The molecule has 16 heavy (non-hydrogen) atoms. The summed E-state index contributed by atoms with van der Waals surface area (Å²) < 4.78 is 13.3. The zero-order chi connectivity index (χ0) is 11.7. The summed E-state index contributed by atoms with van der Waals surface area (Å²) >= 11 is 0. The molecule has 0 N–H and O–H groups in total. The van der Waals surface area contributed by atoms with Crippen LogP contribution in [0.1, 0.15) is 10.4 Å². The number of carbonyl (C=O) groups is 1. The van der Waals surface area contributed by atoms with Gasteiger partial charge in [-0.25, -0.2) is 4.39 Å². The molecule has 1 aromatic heterocycles. The molecule has 1 amide bonds. The molecular formula is C12H11FN2O. The summed E-state index contributed by atoms with van der Waals surface area (Å²) in [5.41, 5.74) is 0.751. The Morgan fingerprint density at radius 2 is 2.12 bits per heavy atom. The molecule has 0 bridgehead atoms. The van der Waals surface area contributed by atoms with Gasteiger partial charge < -0.3 is 4.90 Å². The van der Waals surface area contributed by atoms with Crippen LogP contribution in [0.2, 0.25) is 0 Å². The van der Waals surface area contributed by atoms with E-state index in [1.807, 2.05) is 0 Å². The number of para-hydroxylation sites is 1. The highest BCUT2D eigenvalue weighted by Gasteiger charge is 2.10. The summed E-state index contributed by atoms with van der Waals surface area (Å²) in [6, 6.07) is 6.33. The lowest BCUT2D eigenvalue weighted by molar-refractivity contribution is 0.0827. The van der Waals surface area contributed by atoms with Crippen molar-refractivity contribution < 1.29 is 9.18 Å². The van der Waals surface area contributed by atoms with Crippen LogP contribution in [-0.4, -0.2) is 29.9 Å². The maximum atomic E-state index is 13.3. The first kappa shape index (κ1) is 10.5. The van der Waals surface area contributed by atoms with Gasteiger partial charge in [0.15, 0.2) is 0 Å². The second kappa shape index (κ2) is 3.89. The molecule has 0 saturated carbocycles. The molecule has 1 heterocycles. The fraction of sp³-hybridized carbons (Fsp3) is 0.167. The molecule has 0 aliphatic rings. The average Bonchev–Trinajstić information content (AvgIpc) is 2.28. The average molecular weight is 218 g/mol. The number of hydrogen-bond acceptors (Lipinski definition) is 2. The van der Waals surface area contributed by atoms with Gasteiger partial charge in [-0.2, -0.15) is 0 Å². The van der Waals surface area contributed by atoms with Crippen molar-refractivity contribution in [2.24, 2.45) is 0 Å². The van der Waals surface area contributed by atoms with Crippen LogP contribution in [0.4, 0.5) is 4.39 Å². The topological polar surface area (TPSA) is 33.2 Å². The molecule has 3 nitrogen and oxygen atoms in total. The van der Waals surface area contributed by atoms with Gasteiger partial charge in [0.2, 0.25) is 0 Å². The molecular weight excluding hydrogens is 207 g/mol. The molecule has 0 saturated heterocycles. The van der Waals surface area contributed by atoms with Gasteiger partial charge in [0.1, 0.15) is 11.3 Å². The minimum Gasteiger partial charge on any atom is -0.345 e. The predicted octanol–water partition coefficient (Wildman–Crippen LogP) is 2.08. The lowest BCUT2D eigenvalue weighted by Gasteiger charge is -2.10. The molecule has 4 heteroatoms. The molecule has 82 valence electrons. The van der Waals surface area contributed by atoms with Gasteiger partial charge in [-0.3, -0.25) is 9.78 Å². The van der Waals surface area contributed by atoms with Crippen LogP contribution in [0.3, 0.4) is 0 Å². The SMILES string of the molecule is CN(C)C(=O)c1cnc2c(F)cccc2c1. The van der Waals surface area contributed by atoms with E-state index in [1.54, 1.807) is 32.3 Å². The van der Waals surface area contributed by atoms with Crippen molar-refractivity contribution in [2.45, 2.75) is 0 Å². The van der Waals surface area contributed by atoms with Crippen molar-refractivity contribution in [1.29, 1.82) is 0 Å². The highest BCUT2D eigenvalue weighted by molar-refractivity contribution is 5.97. The summed E-state index contributed by atoms with van der Waals surface area (Å²) in [5, 5.41) is 0.632. The van der Waals surface area contributed by atoms with E-state index in [-0.39, 0.29) is 17.2 Å². The van der Waals surface area contributed by atoms with Crippen LogP contribution < -0.4 is 0 Å². The van der Waals surface area contributed by atoms with Crippen LogP contribution in [0.5, 0.6) is 0 Å². The molecule has 2 rings (SSSR count). The quantitative estimate of drug-likeness (QED) is 0.734. The van der Waals surface area contributed by atoms with Gasteiger partial charge in [0.05, 0.1) is 5.56 Å². The number of halogens is 1. The second-order valence-electron chi connectivity index (χ2n) is 3.74. The van der Waals surface area contributed by atoms with Gasteiger partial charge in [-0.15, -0.1) is 0 Å². The Morgan fingerprint density at radius 1 is 1.38 bits per heavy atom. The molecule has 1 aromatic carbocycles. The van der Waals surface area contributed by atoms with Crippen LogP contribution in [0, 0.1) is 5.82 Å². The van der Waals surface area contributed by atoms with Crippen LogP contribution in [0.25, 0.3) is 10.9 Å². The van der Waals surface area contributed by atoms with E-state index in [0.29, 0.717) is 10.9 Å². The number of rotatable bonds is 1. The first-order valence-electron chi connectivity index (χ1n) is 4.85. The van der Waals surface area contributed by atoms with Crippen molar-refractivity contribution in [2.75, 3.05) is 14.1 Å². The number of carbonyl (C=O) groups excluding carboxylic acids is 1. The Labute approximate surface area is 92.5 Å². The largest absolute Gasteiger partial charge is 0.345 e.